The molecule has 0 radical (unpaired) electrons. The minimum atomic E-state index is -0.126. The molecule has 110 valence electrons. The largest absolute Gasteiger partial charge is 0.397 e. The summed E-state index contributed by atoms with van der Waals surface area (Å²) in [7, 11) is 0. The van der Waals surface area contributed by atoms with Crippen molar-refractivity contribution in [3.05, 3.63) is 23.2 Å². The third-order valence-electron chi connectivity index (χ3n) is 3.59. The van der Waals surface area contributed by atoms with Gasteiger partial charge in [0.25, 0.3) is 0 Å². The summed E-state index contributed by atoms with van der Waals surface area (Å²) in [6.07, 6.45) is 3.10. The number of amides is 1. The van der Waals surface area contributed by atoms with Crippen molar-refractivity contribution in [2.24, 2.45) is 0 Å². The Morgan fingerprint density at radius 3 is 3.00 bits per heavy atom. The van der Waals surface area contributed by atoms with Crippen LogP contribution in [0, 0.1) is 0 Å². The summed E-state index contributed by atoms with van der Waals surface area (Å²) in [5.41, 5.74) is 6.82. The maximum Gasteiger partial charge on any atom is 0.238 e. The molecule has 1 unspecified atom stereocenters. The van der Waals surface area contributed by atoms with Gasteiger partial charge in [0.1, 0.15) is 0 Å². The summed E-state index contributed by atoms with van der Waals surface area (Å²) in [6.45, 7) is 1.21. The zero-order chi connectivity index (χ0) is 14.5. The monoisotopic (exact) mass is 297 g/mol. The van der Waals surface area contributed by atoms with E-state index in [1.165, 1.54) is 0 Å². The number of piperidine rings is 1. The van der Waals surface area contributed by atoms with Crippen LogP contribution in [0.1, 0.15) is 19.3 Å². The Morgan fingerprint density at radius 1 is 1.50 bits per heavy atom. The zero-order valence-corrected chi connectivity index (χ0v) is 12.1. The van der Waals surface area contributed by atoms with E-state index in [2.05, 4.69) is 5.32 Å². The van der Waals surface area contributed by atoms with Gasteiger partial charge in [0.2, 0.25) is 5.91 Å². The smallest absolute Gasteiger partial charge is 0.238 e. The van der Waals surface area contributed by atoms with Crippen LogP contribution in [-0.2, 0) is 4.79 Å². The number of rotatable bonds is 4. The van der Waals surface area contributed by atoms with Gasteiger partial charge in [-0.05, 0) is 37.6 Å². The van der Waals surface area contributed by atoms with Crippen molar-refractivity contribution in [1.82, 2.24) is 4.90 Å². The fourth-order valence-corrected chi connectivity index (χ4v) is 2.68. The number of benzene rings is 1. The predicted octanol–water partition coefficient (Wildman–Crippen LogP) is 1.71. The molecule has 2 rings (SSSR count). The molecule has 1 aliphatic rings. The highest BCUT2D eigenvalue weighted by atomic mass is 35.5. The Hall–Kier alpha value is -1.30. The molecule has 1 saturated heterocycles. The molecule has 0 saturated carbocycles. The van der Waals surface area contributed by atoms with Gasteiger partial charge in [-0.3, -0.25) is 9.69 Å². The number of hydrogen-bond donors (Lipinski definition) is 3. The summed E-state index contributed by atoms with van der Waals surface area (Å²) in [5.74, 6) is -0.126. The SMILES string of the molecule is Nc1cc(Cl)ccc1NC(=O)CN1CCCCC1CO. The molecule has 0 bridgehead atoms. The number of nitrogen functional groups attached to an aromatic ring is 1. The second-order valence-corrected chi connectivity index (χ2v) is 5.52. The Kier molecular flexibility index (Phi) is 5.23. The first-order valence-corrected chi connectivity index (χ1v) is 7.17. The number of nitrogens with one attached hydrogen (secondary N) is 1. The first kappa shape index (κ1) is 15.1. The van der Waals surface area contributed by atoms with E-state index in [9.17, 15) is 9.90 Å². The number of carbonyl (C=O) groups excluding carboxylic acids is 1. The number of aliphatic hydroxyl groups is 1. The van der Waals surface area contributed by atoms with Crippen LogP contribution in [0.25, 0.3) is 0 Å². The van der Waals surface area contributed by atoms with E-state index < -0.39 is 0 Å². The lowest BCUT2D eigenvalue weighted by molar-refractivity contribution is -0.118. The van der Waals surface area contributed by atoms with Crippen molar-refractivity contribution in [2.45, 2.75) is 25.3 Å². The molecule has 5 nitrogen and oxygen atoms in total. The highest BCUT2D eigenvalue weighted by Crippen LogP contribution is 2.23. The van der Waals surface area contributed by atoms with E-state index >= 15 is 0 Å². The zero-order valence-electron chi connectivity index (χ0n) is 11.3. The number of hydrogen-bond acceptors (Lipinski definition) is 4. The molecular formula is C14H20ClN3O2. The van der Waals surface area contributed by atoms with Crippen LogP contribution in [0.15, 0.2) is 18.2 Å². The first-order chi connectivity index (χ1) is 9.60. The molecule has 0 spiro atoms. The van der Waals surface area contributed by atoms with Gasteiger partial charge in [-0.15, -0.1) is 0 Å². The average molecular weight is 298 g/mol. The van der Waals surface area contributed by atoms with Crippen molar-refractivity contribution < 1.29 is 9.90 Å². The number of likely N-dealkylation sites (tertiary alicyclic amines) is 1. The van der Waals surface area contributed by atoms with E-state index in [4.69, 9.17) is 17.3 Å². The van der Waals surface area contributed by atoms with Crippen LogP contribution in [0.4, 0.5) is 11.4 Å². The molecule has 4 N–H and O–H groups in total. The van der Waals surface area contributed by atoms with E-state index in [-0.39, 0.29) is 25.1 Å². The summed E-state index contributed by atoms with van der Waals surface area (Å²) in [6, 6.07) is 5.06. The van der Waals surface area contributed by atoms with Gasteiger partial charge in [-0.2, -0.15) is 0 Å². The van der Waals surface area contributed by atoms with Crippen molar-refractivity contribution in [3.8, 4) is 0 Å². The average Bonchev–Trinajstić information content (AvgIpc) is 2.42. The van der Waals surface area contributed by atoms with Gasteiger partial charge in [0.15, 0.2) is 0 Å². The molecule has 20 heavy (non-hydrogen) atoms. The topological polar surface area (TPSA) is 78.6 Å². The third kappa shape index (κ3) is 3.85. The normalized spacial score (nSPS) is 19.8. The summed E-state index contributed by atoms with van der Waals surface area (Å²) in [5, 5.41) is 12.7. The Labute approximate surface area is 123 Å². The maximum atomic E-state index is 12.1. The summed E-state index contributed by atoms with van der Waals surface area (Å²) < 4.78 is 0. The second kappa shape index (κ2) is 6.92. The van der Waals surface area contributed by atoms with Crippen molar-refractivity contribution in [1.29, 1.82) is 0 Å². The number of anilines is 2. The Morgan fingerprint density at radius 2 is 2.30 bits per heavy atom. The van der Waals surface area contributed by atoms with Crippen LogP contribution >= 0.6 is 11.6 Å². The molecule has 1 heterocycles. The van der Waals surface area contributed by atoms with E-state index in [0.717, 1.165) is 25.8 Å². The standard InChI is InChI=1S/C14H20ClN3O2/c15-10-4-5-13(12(16)7-10)17-14(20)8-18-6-2-1-3-11(18)9-19/h4-5,7,11,19H,1-3,6,8-9,16H2,(H,17,20). The number of aliphatic hydroxyl groups excluding tert-OH is 1. The lowest BCUT2D eigenvalue weighted by Gasteiger charge is -2.33. The van der Waals surface area contributed by atoms with Crippen LogP contribution in [-0.4, -0.2) is 41.7 Å². The fraction of sp³-hybridized carbons (Fsp3) is 0.500. The Balaban J connectivity index is 1.94. The molecule has 1 atom stereocenters. The molecule has 1 aliphatic heterocycles. The molecule has 0 aromatic heterocycles. The second-order valence-electron chi connectivity index (χ2n) is 5.08. The van der Waals surface area contributed by atoms with Crippen molar-refractivity contribution in [2.75, 3.05) is 30.7 Å². The van der Waals surface area contributed by atoms with Crippen LogP contribution in [0.3, 0.4) is 0 Å². The van der Waals surface area contributed by atoms with Gasteiger partial charge in [-0.1, -0.05) is 18.0 Å². The number of nitrogens with zero attached hydrogens (tertiary/aromatic N) is 1. The van der Waals surface area contributed by atoms with Gasteiger partial charge >= 0.3 is 0 Å². The number of carbonyl (C=O) groups is 1. The third-order valence-corrected chi connectivity index (χ3v) is 3.83. The maximum absolute atomic E-state index is 12.1. The minimum Gasteiger partial charge on any atom is -0.397 e. The first-order valence-electron chi connectivity index (χ1n) is 6.80. The molecule has 0 aliphatic carbocycles. The molecule has 1 amide bonds. The van der Waals surface area contributed by atoms with Crippen molar-refractivity contribution in [3.63, 3.8) is 0 Å². The fourth-order valence-electron chi connectivity index (χ4n) is 2.50. The Bertz CT molecular complexity index is 481. The van der Waals surface area contributed by atoms with E-state index in [1.54, 1.807) is 18.2 Å². The van der Waals surface area contributed by atoms with Gasteiger partial charge in [0, 0.05) is 11.1 Å². The van der Waals surface area contributed by atoms with E-state index in [1.807, 2.05) is 4.90 Å². The van der Waals surface area contributed by atoms with Crippen LogP contribution < -0.4 is 11.1 Å². The predicted molar refractivity (Wildman–Crippen MR) is 80.8 cm³/mol. The van der Waals surface area contributed by atoms with Gasteiger partial charge in [-0.25, -0.2) is 0 Å². The number of nitrogens with two attached hydrogens (primary N) is 1. The molecule has 1 fully saturated rings. The van der Waals surface area contributed by atoms with Gasteiger partial charge in [0.05, 0.1) is 24.5 Å². The summed E-state index contributed by atoms with van der Waals surface area (Å²) >= 11 is 5.82. The van der Waals surface area contributed by atoms with Crippen LogP contribution in [0.5, 0.6) is 0 Å². The molecular weight excluding hydrogens is 278 g/mol. The lowest BCUT2D eigenvalue weighted by Crippen LogP contribution is -2.45. The quantitative estimate of drug-likeness (QED) is 0.739. The molecule has 6 heteroatoms. The molecule has 1 aromatic rings. The minimum absolute atomic E-state index is 0.0806. The highest BCUT2D eigenvalue weighted by Gasteiger charge is 2.23. The van der Waals surface area contributed by atoms with Gasteiger partial charge < -0.3 is 16.2 Å². The highest BCUT2D eigenvalue weighted by molar-refractivity contribution is 6.31. The number of halogens is 1. The van der Waals surface area contributed by atoms with Crippen LogP contribution in [0.2, 0.25) is 5.02 Å². The van der Waals surface area contributed by atoms with Crippen molar-refractivity contribution >= 4 is 28.9 Å². The van der Waals surface area contributed by atoms with E-state index in [0.29, 0.717) is 16.4 Å². The summed E-state index contributed by atoms with van der Waals surface area (Å²) in [4.78, 5) is 14.1. The molecule has 1 aromatic carbocycles. The lowest BCUT2D eigenvalue weighted by atomic mass is 10.0.